The highest BCUT2D eigenvalue weighted by atomic mass is 16.6. The molecule has 0 bridgehead atoms. The number of esters is 1. The van der Waals surface area contributed by atoms with Crippen molar-refractivity contribution in [2.75, 3.05) is 19.8 Å². The molecule has 0 saturated heterocycles. The van der Waals surface area contributed by atoms with E-state index in [1.54, 1.807) is 0 Å². The van der Waals surface area contributed by atoms with Crippen LogP contribution in [-0.2, 0) is 14.3 Å². The molecule has 0 spiro atoms. The van der Waals surface area contributed by atoms with Gasteiger partial charge in [0, 0.05) is 0 Å². The summed E-state index contributed by atoms with van der Waals surface area (Å²) in [6.07, 6.45) is 0.993. The molecule has 0 aromatic rings. The van der Waals surface area contributed by atoms with Crippen molar-refractivity contribution in [1.82, 2.24) is 0 Å². The third kappa shape index (κ3) is 6.08. The van der Waals surface area contributed by atoms with E-state index in [4.69, 9.17) is 9.47 Å². The van der Waals surface area contributed by atoms with E-state index >= 15 is 0 Å². The van der Waals surface area contributed by atoms with Gasteiger partial charge in [0.25, 0.3) is 0 Å². The second-order valence-corrected chi connectivity index (χ2v) is 4.51. The zero-order valence-electron chi connectivity index (χ0n) is 10.8. The number of carbonyl (C=O) groups is 1. The predicted molar refractivity (Wildman–Crippen MR) is 62.1 cm³/mol. The van der Waals surface area contributed by atoms with Crippen molar-refractivity contribution in [2.45, 2.75) is 46.6 Å². The minimum absolute atomic E-state index is 0.199. The molecule has 4 nitrogen and oxygen atoms in total. The van der Waals surface area contributed by atoms with Gasteiger partial charge in [-0.3, -0.25) is 4.79 Å². The zero-order chi connectivity index (χ0) is 12.6. The summed E-state index contributed by atoms with van der Waals surface area (Å²) in [6.45, 7) is 8.44. The van der Waals surface area contributed by atoms with Crippen LogP contribution in [0.1, 0.15) is 40.5 Å². The van der Waals surface area contributed by atoms with Crippen molar-refractivity contribution in [1.29, 1.82) is 0 Å². The highest BCUT2D eigenvalue weighted by molar-refractivity contribution is 5.75. The molecule has 0 aliphatic rings. The molecule has 1 unspecified atom stereocenters. The highest BCUT2D eigenvalue weighted by Gasteiger charge is 2.26. The quantitative estimate of drug-likeness (QED) is 0.511. The van der Waals surface area contributed by atoms with Gasteiger partial charge < -0.3 is 14.6 Å². The first-order valence-corrected chi connectivity index (χ1v) is 5.87. The number of ether oxygens (including phenoxy) is 2. The lowest BCUT2D eigenvalue weighted by Crippen LogP contribution is -2.27. The van der Waals surface area contributed by atoms with Gasteiger partial charge in [0.2, 0.25) is 0 Å². The lowest BCUT2D eigenvalue weighted by atomic mass is 9.91. The SMILES string of the molecule is CCC(O)COCCOC(=O)C(C)(C)CC. The van der Waals surface area contributed by atoms with Crippen LogP contribution < -0.4 is 0 Å². The smallest absolute Gasteiger partial charge is 0.311 e. The van der Waals surface area contributed by atoms with Crippen LogP contribution in [0.15, 0.2) is 0 Å². The van der Waals surface area contributed by atoms with Gasteiger partial charge in [-0.15, -0.1) is 0 Å². The fraction of sp³-hybridized carbons (Fsp3) is 0.917. The number of rotatable bonds is 8. The number of aliphatic hydroxyl groups excluding tert-OH is 1. The average molecular weight is 232 g/mol. The third-order valence-electron chi connectivity index (χ3n) is 2.68. The predicted octanol–water partition coefficient (Wildman–Crippen LogP) is 1.75. The van der Waals surface area contributed by atoms with Gasteiger partial charge in [0.15, 0.2) is 0 Å². The van der Waals surface area contributed by atoms with Gasteiger partial charge in [0.05, 0.1) is 24.7 Å². The number of hydrogen-bond acceptors (Lipinski definition) is 4. The summed E-state index contributed by atoms with van der Waals surface area (Å²) in [4.78, 5) is 11.5. The van der Waals surface area contributed by atoms with Crippen LogP contribution in [0.5, 0.6) is 0 Å². The molecule has 0 aliphatic carbocycles. The van der Waals surface area contributed by atoms with Crippen molar-refractivity contribution >= 4 is 5.97 Å². The lowest BCUT2D eigenvalue weighted by molar-refractivity contribution is -0.155. The van der Waals surface area contributed by atoms with Crippen LogP contribution in [0.2, 0.25) is 0 Å². The Kier molecular flexibility index (Phi) is 7.34. The number of hydrogen-bond donors (Lipinski definition) is 1. The maximum atomic E-state index is 11.5. The minimum Gasteiger partial charge on any atom is -0.463 e. The van der Waals surface area contributed by atoms with Crippen LogP contribution in [-0.4, -0.2) is 37.0 Å². The first kappa shape index (κ1) is 15.4. The van der Waals surface area contributed by atoms with Crippen LogP contribution in [0.3, 0.4) is 0 Å². The molecule has 0 heterocycles. The second-order valence-electron chi connectivity index (χ2n) is 4.51. The lowest BCUT2D eigenvalue weighted by Gasteiger charge is -2.20. The molecule has 0 rings (SSSR count). The van der Waals surface area contributed by atoms with E-state index in [1.807, 2.05) is 27.7 Å². The molecule has 0 aliphatic heterocycles. The summed E-state index contributed by atoms with van der Waals surface area (Å²) in [5.41, 5.74) is -0.428. The average Bonchev–Trinajstić information content (AvgIpc) is 2.27. The molecule has 0 aromatic heterocycles. The van der Waals surface area contributed by atoms with E-state index in [2.05, 4.69) is 0 Å². The van der Waals surface area contributed by atoms with E-state index in [0.29, 0.717) is 19.6 Å². The molecule has 1 N–H and O–H groups in total. The number of carbonyl (C=O) groups excluding carboxylic acids is 1. The number of aliphatic hydroxyl groups is 1. The van der Waals surface area contributed by atoms with Crippen LogP contribution >= 0.6 is 0 Å². The largest absolute Gasteiger partial charge is 0.463 e. The Balaban J connectivity index is 3.56. The Morgan fingerprint density at radius 3 is 2.44 bits per heavy atom. The second kappa shape index (κ2) is 7.63. The van der Waals surface area contributed by atoms with Crippen molar-refractivity contribution in [3.05, 3.63) is 0 Å². The highest BCUT2D eigenvalue weighted by Crippen LogP contribution is 2.21. The molecule has 0 saturated carbocycles. The molecule has 96 valence electrons. The summed E-state index contributed by atoms with van der Waals surface area (Å²) in [5.74, 6) is -0.199. The first-order valence-electron chi connectivity index (χ1n) is 5.87. The normalized spacial score (nSPS) is 13.6. The standard InChI is InChI=1S/C12H24O4/c1-5-10(13)9-15-7-8-16-11(14)12(3,4)6-2/h10,13H,5-9H2,1-4H3. The van der Waals surface area contributed by atoms with Gasteiger partial charge in [-0.1, -0.05) is 13.8 Å². The van der Waals surface area contributed by atoms with E-state index in [0.717, 1.165) is 6.42 Å². The third-order valence-corrected chi connectivity index (χ3v) is 2.68. The molecule has 0 radical (unpaired) electrons. The van der Waals surface area contributed by atoms with Gasteiger partial charge in [-0.2, -0.15) is 0 Å². The summed E-state index contributed by atoms with van der Waals surface area (Å²) in [6, 6.07) is 0. The van der Waals surface area contributed by atoms with Crippen molar-refractivity contribution < 1.29 is 19.4 Å². The van der Waals surface area contributed by atoms with Gasteiger partial charge in [-0.05, 0) is 26.7 Å². The monoisotopic (exact) mass is 232 g/mol. The molecule has 0 aromatic carbocycles. The van der Waals surface area contributed by atoms with Crippen LogP contribution in [0.25, 0.3) is 0 Å². The van der Waals surface area contributed by atoms with Crippen LogP contribution in [0, 0.1) is 5.41 Å². The van der Waals surface area contributed by atoms with Crippen LogP contribution in [0.4, 0.5) is 0 Å². The molecule has 0 amide bonds. The molecular weight excluding hydrogens is 208 g/mol. The Morgan fingerprint density at radius 1 is 1.31 bits per heavy atom. The van der Waals surface area contributed by atoms with Crippen molar-refractivity contribution in [3.8, 4) is 0 Å². The van der Waals surface area contributed by atoms with Gasteiger partial charge in [-0.25, -0.2) is 0 Å². The summed E-state index contributed by atoms with van der Waals surface area (Å²) >= 11 is 0. The molecule has 1 atom stereocenters. The summed E-state index contributed by atoms with van der Waals surface area (Å²) in [7, 11) is 0. The minimum atomic E-state index is -0.428. The Morgan fingerprint density at radius 2 is 1.94 bits per heavy atom. The van der Waals surface area contributed by atoms with Crippen molar-refractivity contribution in [2.24, 2.45) is 5.41 Å². The first-order chi connectivity index (χ1) is 7.44. The summed E-state index contributed by atoms with van der Waals surface area (Å²) in [5, 5.41) is 9.20. The fourth-order valence-electron chi connectivity index (χ4n) is 0.870. The molecule has 0 fully saturated rings. The Labute approximate surface area is 97.9 Å². The zero-order valence-corrected chi connectivity index (χ0v) is 10.8. The van der Waals surface area contributed by atoms with E-state index in [-0.39, 0.29) is 12.6 Å². The maximum Gasteiger partial charge on any atom is 0.311 e. The fourth-order valence-corrected chi connectivity index (χ4v) is 0.870. The molecule has 16 heavy (non-hydrogen) atoms. The van der Waals surface area contributed by atoms with Gasteiger partial charge >= 0.3 is 5.97 Å². The van der Waals surface area contributed by atoms with Crippen molar-refractivity contribution in [3.63, 3.8) is 0 Å². The topological polar surface area (TPSA) is 55.8 Å². The van der Waals surface area contributed by atoms with Gasteiger partial charge in [0.1, 0.15) is 6.61 Å². The van der Waals surface area contributed by atoms with E-state index < -0.39 is 11.5 Å². The van der Waals surface area contributed by atoms with E-state index in [9.17, 15) is 9.90 Å². The summed E-state index contributed by atoms with van der Waals surface area (Å²) < 4.78 is 10.2. The molecular formula is C12H24O4. The maximum absolute atomic E-state index is 11.5. The Bertz CT molecular complexity index is 201. The Hall–Kier alpha value is -0.610. The molecule has 4 heteroatoms. The van der Waals surface area contributed by atoms with E-state index in [1.165, 1.54) is 0 Å².